The zero-order valence-corrected chi connectivity index (χ0v) is 12.4. The summed E-state index contributed by atoms with van der Waals surface area (Å²) in [6.07, 6.45) is 9.13. The van der Waals surface area contributed by atoms with Gasteiger partial charge in [-0.05, 0) is 25.7 Å². The second-order valence-corrected chi connectivity index (χ2v) is 5.51. The molecule has 0 radical (unpaired) electrons. The highest BCUT2D eigenvalue weighted by atomic mass is 16.1. The highest BCUT2D eigenvalue weighted by molar-refractivity contribution is 5.92. The molecule has 20 heavy (non-hydrogen) atoms. The second-order valence-electron chi connectivity index (χ2n) is 5.51. The molecule has 1 heterocycles. The monoisotopic (exact) mass is 276 g/mol. The first kappa shape index (κ1) is 14.8. The third-order valence-corrected chi connectivity index (χ3v) is 3.92. The first-order chi connectivity index (χ1) is 9.70. The van der Waals surface area contributed by atoms with Gasteiger partial charge < -0.3 is 10.6 Å². The first-order valence-corrected chi connectivity index (χ1v) is 7.57. The van der Waals surface area contributed by atoms with Gasteiger partial charge in [0.2, 0.25) is 0 Å². The van der Waals surface area contributed by atoms with Gasteiger partial charge in [0.15, 0.2) is 0 Å². The number of aromatic nitrogens is 2. The Morgan fingerprint density at radius 1 is 1.25 bits per heavy atom. The Morgan fingerprint density at radius 3 is 2.75 bits per heavy atom. The van der Waals surface area contributed by atoms with E-state index in [0.29, 0.717) is 17.4 Å². The van der Waals surface area contributed by atoms with Gasteiger partial charge in [-0.3, -0.25) is 4.79 Å². The van der Waals surface area contributed by atoms with Crippen molar-refractivity contribution in [2.75, 3.05) is 11.9 Å². The van der Waals surface area contributed by atoms with Crippen LogP contribution in [0.2, 0.25) is 0 Å². The average molecular weight is 276 g/mol. The van der Waals surface area contributed by atoms with Gasteiger partial charge in [-0.25, -0.2) is 9.97 Å². The molecular weight excluding hydrogens is 252 g/mol. The number of amides is 1. The predicted molar refractivity (Wildman–Crippen MR) is 79.7 cm³/mol. The summed E-state index contributed by atoms with van der Waals surface area (Å²) in [4.78, 5) is 20.6. The standard InChI is InChI=1S/C15H24N4O/c1-3-16-14-10-17-13(9-18-14)15(20)19-12-8-6-4-5-7-11(12)2/h9-12H,3-8H2,1-2H3,(H,16,18)(H,19,20). The molecule has 1 aliphatic rings. The number of nitrogens with one attached hydrogen (secondary N) is 2. The van der Waals surface area contributed by atoms with Gasteiger partial charge in [0.05, 0.1) is 12.4 Å². The Bertz CT molecular complexity index is 432. The Labute approximate surface area is 120 Å². The summed E-state index contributed by atoms with van der Waals surface area (Å²) in [6.45, 7) is 5.01. The molecule has 1 aromatic rings. The van der Waals surface area contributed by atoms with Crippen LogP contribution in [0.4, 0.5) is 5.82 Å². The molecule has 5 heteroatoms. The molecule has 1 aliphatic carbocycles. The van der Waals surface area contributed by atoms with E-state index >= 15 is 0 Å². The molecule has 0 saturated heterocycles. The molecule has 0 spiro atoms. The highest BCUT2D eigenvalue weighted by Gasteiger charge is 2.22. The van der Waals surface area contributed by atoms with Crippen molar-refractivity contribution in [3.05, 3.63) is 18.1 Å². The Kier molecular flexibility index (Phi) is 5.32. The van der Waals surface area contributed by atoms with Crippen LogP contribution in [-0.4, -0.2) is 28.5 Å². The van der Waals surface area contributed by atoms with Gasteiger partial charge in [-0.15, -0.1) is 0 Å². The summed E-state index contributed by atoms with van der Waals surface area (Å²) in [6, 6.07) is 0.264. The predicted octanol–water partition coefficient (Wildman–Crippen LogP) is 2.61. The molecule has 1 aromatic heterocycles. The van der Waals surface area contributed by atoms with Crippen LogP contribution in [0.25, 0.3) is 0 Å². The van der Waals surface area contributed by atoms with Crippen molar-refractivity contribution in [1.29, 1.82) is 0 Å². The van der Waals surface area contributed by atoms with Crippen LogP contribution >= 0.6 is 0 Å². The van der Waals surface area contributed by atoms with Crippen molar-refractivity contribution in [3.63, 3.8) is 0 Å². The number of nitrogens with zero attached hydrogens (tertiary/aromatic N) is 2. The number of hydrogen-bond acceptors (Lipinski definition) is 4. The van der Waals surface area contributed by atoms with Crippen LogP contribution in [-0.2, 0) is 0 Å². The lowest BCUT2D eigenvalue weighted by molar-refractivity contribution is 0.0916. The fourth-order valence-corrected chi connectivity index (χ4v) is 2.67. The zero-order chi connectivity index (χ0) is 14.4. The van der Waals surface area contributed by atoms with Crippen molar-refractivity contribution < 1.29 is 4.79 Å². The summed E-state index contributed by atoms with van der Waals surface area (Å²) < 4.78 is 0. The van der Waals surface area contributed by atoms with Crippen LogP contribution in [0.5, 0.6) is 0 Å². The molecule has 1 amide bonds. The van der Waals surface area contributed by atoms with E-state index in [-0.39, 0.29) is 11.9 Å². The SMILES string of the molecule is CCNc1cnc(C(=O)NC2CCCCCC2C)cn1. The van der Waals surface area contributed by atoms with E-state index in [9.17, 15) is 4.79 Å². The maximum absolute atomic E-state index is 12.2. The minimum Gasteiger partial charge on any atom is -0.369 e. The average Bonchev–Trinajstić information content (AvgIpc) is 2.65. The topological polar surface area (TPSA) is 66.9 Å². The van der Waals surface area contributed by atoms with Crippen molar-refractivity contribution in [2.24, 2.45) is 5.92 Å². The van der Waals surface area contributed by atoms with Crippen molar-refractivity contribution >= 4 is 11.7 Å². The van der Waals surface area contributed by atoms with Crippen molar-refractivity contribution in [3.8, 4) is 0 Å². The largest absolute Gasteiger partial charge is 0.369 e. The maximum atomic E-state index is 12.2. The Balaban J connectivity index is 1.96. The molecule has 2 unspecified atom stereocenters. The summed E-state index contributed by atoms with van der Waals surface area (Å²) >= 11 is 0. The van der Waals surface area contributed by atoms with E-state index in [2.05, 4.69) is 27.5 Å². The van der Waals surface area contributed by atoms with E-state index in [4.69, 9.17) is 0 Å². The first-order valence-electron chi connectivity index (χ1n) is 7.57. The quantitative estimate of drug-likeness (QED) is 0.830. The van der Waals surface area contributed by atoms with Crippen molar-refractivity contribution in [2.45, 2.75) is 52.0 Å². The fourth-order valence-electron chi connectivity index (χ4n) is 2.67. The third kappa shape index (κ3) is 3.92. The van der Waals surface area contributed by atoms with Crippen LogP contribution in [0.15, 0.2) is 12.4 Å². The number of anilines is 1. The molecule has 1 saturated carbocycles. The van der Waals surface area contributed by atoms with E-state index in [1.54, 1.807) is 6.20 Å². The van der Waals surface area contributed by atoms with Gasteiger partial charge in [0, 0.05) is 12.6 Å². The Morgan fingerprint density at radius 2 is 2.05 bits per heavy atom. The molecule has 0 aromatic carbocycles. The molecule has 2 N–H and O–H groups in total. The minimum atomic E-state index is -0.112. The lowest BCUT2D eigenvalue weighted by Crippen LogP contribution is -2.39. The van der Waals surface area contributed by atoms with Gasteiger partial charge in [-0.1, -0.05) is 26.2 Å². The van der Waals surface area contributed by atoms with Gasteiger partial charge in [0.25, 0.3) is 5.91 Å². The number of carbonyl (C=O) groups is 1. The van der Waals surface area contributed by atoms with Crippen LogP contribution < -0.4 is 10.6 Å². The fraction of sp³-hybridized carbons (Fsp3) is 0.667. The number of hydrogen-bond donors (Lipinski definition) is 2. The van der Waals surface area contributed by atoms with E-state index in [1.165, 1.54) is 31.9 Å². The number of rotatable bonds is 4. The molecular formula is C15H24N4O. The van der Waals surface area contributed by atoms with Gasteiger partial charge in [0.1, 0.15) is 11.5 Å². The van der Waals surface area contributed by atoms with Crippen LogP contribution in [0.3, 0.4) is 0 Å². The van der Waals surface area contributed by atoms with Gasteiger partial charge in [-0.2, -0.15) is 0 Å². The highest BCUT2D eigenvalue weighted by Crippen LogP contribution is 2.23. The molecule has 0 bridgehead atoms. The molecule has 2 rings (SSSR count). The van der Waals surface area contributed by atoms with Crippen molar-refractivity contribution in [1.82, 2.24) is 15.3 Å². The second kappa shape index (κ2) is 7.22. The normalized spacial score (nSPS) is 22.9. The summed E-state index contributed by atoms with van der Waals surface area (Å²) in [5, 5.41) is 6.18. The van der Waals surface area contributed by atoms with Crippen LogP contribution in [0, 0.1) is 5.92 Å². The van der Waals surface area contributed by atoms with E-state index in [0.717, 1.165) is 13.0 Å². The maximum Gasteiger partial charge on any atom is 0.271 e. The molecule has 110 valence electrons. The third-order valence-electron chi connectivity index (χ3n) is 3.92. The molecule has 0 aliphatic heterocycles. The van der Waals surface area contributed by atoms with Crippen LogP contribution in [0.1, 0.15) is 56.4 Å². The smallest absolute Gasteiger partial charge is 0.271 e. The Hall–Kier alpha value is -1.65. The molecule has 1 fully saturated rings. The number of carbonyl (C=O) groups excluding carboxylic acids is 1. The molecule has 5 nitrogen and oxygen atoms in total. The van der Waals surface area contributed by atoms with E-state index in [1.807, 2.05) is 6.92 Å². The lowest BCUT2D eigenvalue weighted by Gasteiger charge is -2.22. The molecule has 2 atom stereocenters. The minimum absolute atomic E-state index is 0.112. The van der Waals surface area contributed by atoms with E-state index < -0.39 is 0 Å². The zero-order valence-electron chi connectivity index (χ0n) is 12.4. The summed E-state index contributed by atoms with van der Waals surface area (Å²) in [5.74, 6) is 1.13. The summed E-state index contributed by atoms with van der Waals surface area (Å²) in [7, 11) is 0. The van der Waals surface area contributed by atoms with Gasteiger partial charge >= 0.3 is 0 Å². The lowest BCUT2D eigenvalue weighted by atomic mass is 9.97. The summed E-state index contributed by atoms with van der Waals surface area (Å²) in [5.41, 5.74) is 0.392.